The van der Waals surface area contributed by atoms with E-state index in [2.05, 4.69) is 42.2 Å². The third-order valence-electron chi connectivity index (χ3n) is 22.7. The number of rotatable bonds is 48. The molecule has 2 fully saturated rings. The number of aliphatic carboxylic acids is 1. The summed E-state index contributed by atoms with van der Waals surface area (Å²) >= 11 is 0.846. The number of likely N-dealkylation sites (N-methyl/N-ethyl adjacent to an activating group) is 3. The fraction of sp³-hybridized carbons (Fsp3) is 0.484. The maximum Gasteiger partial charge on any atom is 0.305 e. The van der Waals surface area contributed by atoms with Crippen molar-refractivity contribution in [3.8, 4) is 5.75 Å². The van der Waals surface area contributed by atoms with E-state index in [1.807, 2.05) is 37.3 Å². The van der Waals surface area contributed by atoms with Gasteiger partial charge in [0, 0.05) is 89.2 Å². The number of halogens is 2. The molecule has 6 aromatic rings. The molecule has 2 aliphatic heterocycles. The van der Waals surface area contributed by atoms with Gasteiger partial charge in [0.15, 0.2) is 11.6 Å². The Morgan fingerprint density at radius 2 is 1.08 bits per heavy atom. The Morgan fingerprint density at radius 1 is 0.548 bits per heavy atom. The first-order valence-electron chi connectivity index (χ1n) is 42.7. The van der Waals surface area contributed by atoms with Crippen molar-refractivity contribution in [2.24, 2.45) is 23.3 Å². The zero-order valence-electron chi connectivity index (χ0n) is 72.4. The fourth-order valence-electron chi connectivity index (χ4n) is 15.6. The van der Waals surface area contributed by atoms with E-state index in [0.717, 1.165) is 34.4 Å². The second-order valence-electron chi connectivity index (χ2n) is 33.0. The number of nitrogens with zero attached hydrogens (tertiary/aromatic N) is 5. The summed E-state index contributed by atoms with van der Waals surface area (Å²) in [7, 11) is 4.17. The zero-order chi connectivity index (χ0) is 92.0. The fourth-order valence-corrected chi connectivity index (χ4v) is 16.4. The molecular formula is C91H119F2N15O17S. The molecule has 0 radical (unpaired) electrons. The van der Waals surface area contributed by atoms with E-state index in [4.69, 9.17) is 11.5 Å². The molecule has 13 atom stereocenters. The van der Waals surface area contributed by atoms with Gasteiger partial charge < -0.3 is 98.0 Å². The average molecular weight is 1770 g/mol. The van der Waals surface area contributed by atoms with Crippen molar-refractivity contribution in [3.05, 3.63) is 173 Å². The quantitative estimate of drug-likeness (QED) is 0.0239. The molecule has 0 saturated carbocycles. The van der Waals surface area contributed by atoms with Gasteiger partial charge in [0.05, 0.1) is 30.3 Å². The van der Waals surface area contributed by atoms with Crippen molar-refractivity contribution >= 4 is 112 Å². The number of hydrogen-bond acceptors (Lipinski definition) is 19. The number of phenols is 1. The highest BCUT2D eigenvalue weighted by atomic mass is 32.2. The van der Waals surface area contributed by atoms with Crippen molar-refractivity contribution in [2.75, 3.05) is 52.3 Å². The Balaban J connectivity index is 0.989. The summed E-state index contributed by atoms with van der Waals surface area (Å²) in [6.07, 6.45) is 3.18. The summed E-state index contributed by atoms with van der Waals surface area (Å²) < 4.78 is 29.5. The molecule has 3 heterocycles. The largest absolute Gasteiger partial charge is 0.508 e. The number of carbonyl (C=O) groups is 15. The smallest absolute Gasteiger partial charge is 0.305 e. The summed E-state index contributed by atoms with van der Waals surface area (Å²) in [5.41, 5.74) is 15.4. The van der Waals surface area contributed by atoms with Gasteiger partial charge in [-0.05, 0) is 128 Å². The molecule has 2 aliphatic rings. The number of fused-ring (bicyclic) bond motifs is 1. The summed E-state index contributed by atoms with van der Waals surface area (Å²) in [6, 6.07) is 16.6. The molecule has 0 aliphatic carbocycles. The first-order chi connectivity index (χ1) is 60.1. The van der Waals surface area contributed by atoms with Gasteiger partial charge in [0.1, 0.15) is 78.7 Å². The van der Waals surface area contributed by atoms with Crippen LogP contribution in [0.15, 0.2) is 134 Å². The van der Waals surface area contributed by atoms with Crippen LogP contribution in [-0.2, 0) is 104 Å². The van der Waals surface area contributed by atoms with Crippen LogP contribution in [0.1, 0.15) is 133 Å². The number of aromatic nitrogens is 1. The van der Waals surface area contributed by atoms with Gasteiger partial charge in [-0.25, -0.2) is 8.78 Å². The number of benzene rings is 5. The zero-order valence-corrected chi connectivity index (χ0v) is 73.3. The molecule has 1 aromatic heterocycles. The summed E-state index contributed by atoms with van der Waals surface area (Å²) in [5.74, 6) is -14.1. The molecule has 0 bridgehead atoms. The SMILES string of the molecule is CCCC[C@@H](C(=O)N1CCC[C@@H]1C(=O)N[C@H](C=O)CC(=O)O)N(C)C(=O)[C@H](Cc1ccccc1)N(C)C(=O)[C@H](Cc1ccc(F)c(F)c1)NC(=O)CSC[C@@H](C=O)NC(=O)[C@H](CC(C)C)NC(=O)[C@H](Cc1ccc(O)cc1)NC(=O)[C@H](Cc1c[nH]c2ccccc12)NC(=O)[C@H]1CCCN1C(=O)[C@H](CCCN)NC(=O)[C@H](Cc1ccccc1)N(C)C(=O)[C@@H](N)C(C)C. The van der Waals surface area contributed by atoms with Crippen molar-refractivity contribution < 1.29 is 90.9 Å². The van der Waals surface area contributed by atoms with Crippen molar-refractivity contribution in [1.82, 2.24) is 66.7 Å². The van der Waals surface area contributed by atoms with Gasteiger partial charge in [-0.3, -0.25) is 62.3 Å². The molecule has 35 heteroatoms. The maximum atomic E-state index is 15.3. The van der Waals surface area contributed by atoms with Gasteiger partial charge in [0.2, 0.25) is 70.9 Å². The number of aromatic hydroxyl groups is 1. The van der Waals surface area contributed by atoms with Crippen molar-refractivity contribution in [2.45, 2.75) is 216 Å². The van der Waals surface area contributed by atoms with E-state index in [1.165, 1.54) is 71.1 Å². The molecular weight excluding hydrogens is 1650 g/mol. The second-order valence-corrected chi connectivity index (χ2v) is 34.0. The lowest BCUT2D eigenvalue weighted by molar-refractivity contribution is -0.152. The van der Waals surface area contributed by atoms with Gasteiger partial charge in [-0.15, -0.1) is 11.8 Å². The van der Waals surface area contributed by atoms with Gasteiger partial charge in [-0.2, -0.15) is 0 Å². The lowest BCUT2D eigenvalue weighted by Gasteiger charge is -2.38. The molecule has 12 amide bonds. The van der Waals surface area contributed by atoms with Crippen LogP contribution >= 0.6 is 11.8 Å². The number of carboxylic acid groups (broad SMARTS) is 1. The number of thioether (sulfide) groups is 1. The highest BCUT2D eigenvalue weighted by Crippen LogP contribution is 2.28. The number of H-pyrrole nitrogens is 1. The Hall–Kier alpha value is -12.0. The van der Waals surface area contributed by atoms with Gasteiger partial charge in [0.25, 0.3) is 0 Å². The van der Waals surface area contributed by atoms with Crippen molar-refractivity contribution in [3.63, 3.8) is 0 Å². The highest BCUT2D eigenvalue weighted by molar-refractivity contribution is 8.00. The summed E-state index contributed by atoms with van der Waals surface area (Å²) in [4.78, 5) is 222. The van der Waals surface area contributed by atoms with Crippen LogP contribution in [0.3, 0.4) is 0 Å². The normalized spacial score (nSPS) is 16.4. The van der Waals surface area contributed by atoms with E-state index >= 15 is 28.8 Å². The molecule has 126 heavy (non-hydrogen) atoms. The van der Waals surface area contributed by atoms with E-state index in [-0.39, 0.29) is 119 Å². The lowest BCUT2D eigenvalue weighted by atomic mass is 9.99. The average Bonchev–Trinajstić information content (AvgIpc) is 1.49. The van der Waals surface area contributed by atoms with Crippen molar-refractivity contribution in [1.29, 1.82) is 0 Å². The number of carbonyl (C=O) groups excluding carboxylic acids is 14. The number of aldehydes is 2. The molecule has 14 N–H and O–H groups in total. The molecule has 32 nitrogen and oxygen atoms in total. The number of unbranched alkanes of at least 4 members (excludes halogenated alkanes) is 1. The first-order valence-corrected chi connectivity index (χ1v) is 43.8. The molecule has 5 aromatic carbocycles. The number of amides is 12. The van der Waals surface area contributed by atoms with E-state index in [0.29, 0.717) is 59.6 Å². The number of carboxylic acids is 1. The third-order valence-corrected chi connectivity index (χ3v) is 23.8. The highest BCUT2D eigenvalue weighted by Gasteiger charge is 2.45. The van der Waals surface area contributed by atoms with Crippen LogP contribution in [0.5, 0.6) is 5.75 Å². The first kappa shape index (κ1) is 99.4. The van der Waals surface area contributed by atoms with E-state index in [1.54, 1.807) is 88.5 Å². The Labute approximate surface area is 736 Å². The van der Waals surface area contributed by atoms with Crippen LogP contribution in [0.25, 0.3) is 10.9 Å². The Kier molecular flexibility index (Phi) is 38.3. The number of nitrogens with two attached hydrogens (primary N) is 2. The predicted octanol–water partition coefficient (Wildman–Crippen LogP) is 4.09. The van der Waals surface area contributed by atoms with E-state index < -0.39 is 186 Å². The Morgan fingerprint density at radius 3 is 1.67 bits per heavy atom. The standard InChI is InChI=1S/C91H119F2N15O17S/c1-9-10-29-75(90(124)108-40-21-30-73(108)84(118)97-61(50-109)48-79(113)114)104(6)89(123)77(46-57-24-15-12-16-25-57)106(8)87(121)72(44-59-34-37-65(92)66(93)42-59)99-78(112)53-126-52-62(51-110)98-81(115)69(41-54(2)3)101-82(116)70(43-58-32-35-63(111)36-33-58)102-83(117)71(47-60-49-96-67-27-18-17-26-64(60)67)103-85(119)74-31-20-39-107(74)88(122)68(28-19-38-94)100-86(120)76(45-56-22-13-11-14-23-56)105(7)91(125)80(95)55(4)5/h11-18,22-27,32-37,42,49-51,54-55,61-62,68-77,80,96,111H,9-10,19-21,28-31,38-41,43-48,52-53,94-95H2,1-8H3,(H,97,118)(H,98,115)(H,99,112)(H,100,120)(H,101,116)(H,102,117)(H,103,119)(H,113,114)/t61-,62+,68-,69-,70-,71-,72-,73+,74+,75-,76-,77-,80-/m0/s1. The molecule has 0 spiro atoms. The topological polar surface area (TPSA) is 465 Å². The van der Waals surface area contributed by atoms with Crippen LogP contribution in [0.4, 0.5) is 8.78 Å². The lowest BCUT2D eigenvalue weighted by Crippen LogP contribution is -2.60. The molecule has 8 rings (SSSR count). The molecule has 0 unspecified atom stereocenters. The van der Waals surface area contributed by atoms with Crippen LogP contribution in [-0.4, -0.2) is 260 Å². The maximum absolute atomic E-state index is 15.3. The molecule has 2 saturated heterocycles. The number of nitrogens with one attached hydrogen (secondary N) is 8. The number of aromatic amines is 1. The summed E-state index contributed by atoms with van der Waals surface area (Å²) in [6.45, 7) is 9.29. The molecule has 680 valence electrons. The number of likely N-dealkylation sites (tertiary alicyclic amines) is 2. The minimum atomic E-state index is -1.60. The van der Waals surface area contributed by atoms with Crippen LogP contribution in [0.2, 0.25) is 0 Å². The number of para-hydroxylation sites is 1. The van der Waals surface area contributed by atoms with E-state index in [9.17, 15) is 62.1 Å². The monoisotopic (exact) mass is 1760 g/mol. The predicted molar refractivity (Wildman–Crippen MR) is 469 cm³/mol. The summed E-state index contributed by atoms with van der Waals surface area (Å²) in [5, 5.41) is 39.5. The number of phenolic OH excluding ortho intramolecular Hbond substituents is 1. The van der Waals surface area contributed by atoms with Gasteiger partial charge >= 0.3 is 5.97 Å². The van der Waals surface area contributed by atoms with Gasteiger partial charge in [-0.1, -0.05) is 145 Å². The second kappa shape index (κ2) is 48.5. The Bertz CT molecular complexity index is 4760. The van der Waals surface area contributed by atoms with Crippen LogP contribution in [0, 0.1) is 23.5 Å². The number of hydrogen-bond donors (Lipinski definition) is 12. The minimum absolute atomic E-state index is 0.0286. The van der Waals surface area contributed by atoms with Crippen LogP contribution < -0.4 is 48.7 Å². The third kappa shape index (κ3) is 28.3. The minimum Gasteiger partial charge on any atom is -0.508 e.